The van der Waals surface area contributed by atoms with Crippen molar-refractivity contribution >= 4 is 23.3 Å². The first-order valence-corrected chi connectivity index (χ1v) is 7.07. The molecule has 0 radical (unpaired) electrons. The van der Waals surface area contributed by atoms with E-state index in [0.29, 0.717) is 22.0 Å². The van der Waals surface area contributed by atoms with Gasteiger partial charge in [0.05, 0.1) is 17.7 Å². The Bertz CT molecular complexity index is 732. The highest BCUT2D eigenvalue weighted by molar-refractivity contribution is 6.32. The number of nitrogens with zero attached hydrogens (tertiary/aromatic N) is 2. The lowest BCUT2D eigenvalue weighted by molar-refractivity contribution is 0.100. The van der Waals surface area contributed by atoms with Gasteiger partial charge >= 0.3 is 0 Å². The summed E-state index contributed by atoms with van der Waals surface area (Å²) in [7, 11) is 1.52. The Morgan fingerprint density at radius 3 is 2.50 bits per heavy atom. The molecule has 0 aliphatic heterocycles. The molecular formula is C15H19ClN4O2. The van der Waals surface area contributed by atoms with E-state index in [1.54, 1.807) is 22.9 Å². The fourth-order valence-electron chi connectivity index (χ4n) is 2.19. The van der Waals surface area contributed by atoms with Crippen LogP contribution in [0, 0.1) is 0 Å². The molecule has 0 fully saturated rings. The summed E-state index contributed by atoms with van der Waals surface area (Å²) in [4.78, 5) is 11.8. The second-order valence-corrected chi connectivity index (χ2v) is 6.31. The van der Waals surface area contributed by atoms with E-state index in [1.165, 1.54) is 7.11 Å². The Morgan fingerprint density at radius 2 is 2.00 bits per heavy atom. The molecule has 2 rings (SSSR count). The molecule has 0 saturated carbocycles. The van der Waals surface area contributed by atoms with Crippen LogP contribution in [0.2, 0.25) is 5.02 Å². The number of aromatic nitrogens is 2. The lowest BCUT2D eigenvalue weighted by Gasteiger charge is -2.20. The molecule has 0 atom stereocenters. The summed E-state index contributed by atoms with van der Waals surface area (Å²) in [5, 5.41) is 4.94. The van der Waals surface area contributed by atoms with E-state index in [2.05, 4.69) is 5.10 Å². The van der Waals surface area contributed by atoms with Crippen molar-refractivity contribution in [2.45, 2.75) is 26.3 Å². The standard InChI is InChI=1S/C15H19ClN4O2/c1-15(2,3)20-13(17)11(14(18)21)12(19-20)8-5-6-9(16)10(7-8)22-4/h5-7H,17H2,1-4H3,(H2,18,21). The van der Waals surface area contributed by atoms with Gasteiger partial charge < -0.3 is 16.2 Å². The number of methoxy groups -OCH3 is 1. The highest BCUT2D eigenvalue weighted by Crippen LogP contribution is 2.34. The number of amides is 1. The number of nitrogens with two attached hydrogens (primary N) is 2. The summed E-state index contributed by atoms with van der Waals surface area (Å²) in [6.45, 7) is 5.81. The third-order valence-electron chi connectivity index (χ3n) is 3.23. The van der Waals surface area contributed by atoms with Crippen LogP contribution >= 0.6 is 11.6 Å². The van der Waals surface area contributed by atoms with Gasteiger partial charge in [0.2, 0.25) is 0 Å². The van der Waals surface area contributed by atoms with Crippen molar-refractivity contribution in [2.75, 3.05) is 12.8 Å². The first-order chi connectivity index (χ1) is 10.2. The van der Waals surface area contributed by atoms with Crippen molar-refractivity contribution in [1.82, 2.24) is 9.78 Å². The number of hydrogen-bond acceptors (Lipinski definition) is 4. The maximum absolute atomic E-state index is 11.8. The number of carbonyl (C=O) groups excluding carboxylic acids is 1. The van der Waals surface area contributed by atoms with Crippen LogP contribution in [0.3, 0.4) is 0 Å². The zero-order chi connectivity index (χ0) is 16.7. The molecule has 1 aromatic carbocycles. The molecule has 0 unspecified atom stereocenters. The monoisotopic (exact) mass is 322 g/mol. The molecule has 6 nitrogen and oxygen atoms in total. The lowest BCUT2D eigenvalue weighted by Crippen LogP contribution is -2.25. The van der Waals surface area contributed by atoms with Crippen LogP contribution in [-0.4, -0.2) is 22.8 Å². The highest BCUT2D eigenvalue weighted by atomic mass is 35.5. The fraction of sp³-hybridized carbons (Fsp3) is 0.333. The maximum Gasteiger partial charge on any atom is 0.254 e. The van der Waals surface area contributed by atoms with E-state index in [1.807, 2.05) is 20.8 Å². The fourth-order valence-corrected chi connectivity index (χ4v) is 2.39. The van der Waals surface area contributed by atoms with Crippen LogP contribution in [0.5, 0.6) is 5.75 Å². The van der Waals surface area contributed by atoms with E-state index in [0.717, 1.165) is 0 Å². The quantitative estimate of drug-likeness (QED) is 0.907. The third kappa shape index (κ3) is 2.74. The van der Waals surface area contributed by atoms with Gasteiger partial charge in [0.25, 0.3) is 5.91 Å². The largest absolute Gasteiger partial charge is 0.495 e. The summed E-state index contributed by atoms with van der Waals surface area (Å²) in [6, 6.07) is 5.11. The van der Waals surface area contributed by atoms with E-state index < -0.39 is 5.91 Å². The van der Waals surface area contributed by atoms with E-state index in [4.69, 9.17) is 27.8 Å². The third-order valence-corrected chi connectivity index (χ3v) is 3.54. The van der Waals surface area contributed by atoms with Crippen LogP contribution in [0.25, 0.3) is 11.3 Å². The number of ether oxygens (including phenoxy) is 1. The number of rotatable bonds is 3. The summed E-state index contributed by atoms with van der Waals surface area (Å²) in [6.07, 6.45) is 0. The van der Waals surface area contributed by atoms with Gasteiger partial charge in [-0.15, -0.1) is 0 Å². The van der Waals surface area contributed by atoms with Gasteiger partial charge in [0.1, 0.15) is 22.8 Å². The number of halogens is 1. The molecule has 0 saturated heterocycles. The second kappa shape index (κ2) is 5.53. The topological polar surface area (TPSA) is 96.2 Å². The lowest BCUT2D eigenvalue weighted by atomic mass is 10.1. The van der Waals surface area contributed by atoms with Crippen molar-refractivity contribution < 1.29 is 9.53 Å². The van der Waals surface area contributed by atoms with Gasteiger partial charge in [-0.1, -0.05) is 17.7 Å². The number of primary amides is 1. The molecular weight excluding hydrogens is 304 g/mol. The number of benzene rings is 1. The average molecular weight is 323 g/mol. The number of carbonyl (C=O) groups is 1. The Morgan fingerprint density at radius 1 is 1.36 bits per heavy atom. The molecule has 0 aliphatic carbocycles. The van der Waals surface area contributed by atoms with Gasteiger partial charge in [-0.3, -0.25) is 4.79 Å². The van der Waals surface area contributed by atoms with Gasteiger partial charge in [-0.25, -0.2) is 4.68 Å². The molecule has 0 spiro atoms. The SMILES string of the molecule is COc1cc(-c2nn(C(C)(C)C)c(N)c2C(N)=O)ccc1Cl. The predicted octanol–water partition coefficient (Wildman–Crippen LogP) is 2.65. The molecule has 1 aromatic heterocycles. The molecule has 2 aromatic rings. The zero-order valence-electron chi connectivity index (χ0n) is 13.0. The van der Waals surface area contributed by atoms with E-state index >= 15 is 0 Å². The molecule has 7 heteroatoms. The van der Waals surface area contributed by atoms with Crippen molar-refractivity contribution in [1.29, 1.82) is 0 Å². The minimum absolute atomic E-state index is 0.194. The first kappa shape index (κ1) is 16.2. The zero-order valence-corrected chi connectivity index (χ0v) is 13.7. The van der Waals surface area contributed by atoms with Gasteiger partial charge in [-0.05, 0) is 32.9 Å². The van der Waals surface area contributed by atoms with Crippen LogP contribution in [-0.2, 0) is 5.54 Å². The van der Waals surface area contributed by atoms with Gasteiger partial charge in [-0.2, -0.15) is 5.10 Å². The predicted molar refractivity (Wildman–Crippen MR) is 87.2 cm³/mol. The Kier molecular flexibility index (Phi) is 4.06. The molecule has 0 aliphatic rings. The van der Waals surface area contributed by atoms with Crippen molar-refractivity contribution in [3.8, 4) is 17.0 Å². The van der Waals surface area contributed by atoms with Crippen molar-refractivity contribution in [2.24, 2.45) is 5.73 Å². The minimum Gasteiger partial charge on any atom is -0.495 e. The van der Waals surface area contributed by atoms with Crippen LogP contribution in [0.1, 0.15) is 31.1 Å². The van der Waals surface area contributed by atoms with Crippen LogP contribution in [0.4, 0.5) is 5.82 Å². The molecule has 1 heterocycles. The van der Waals surface area contributed by atoms with Gasteiger partial charge in [0.15, 0.2) is 0 Å². The molecule has 4 N–H and O–H groups in total. The number of nitrogen functional groups attached to an aromatic ring is 1. The highest BCUT2D eigenvalue weighted by Gasteiger charge is 2.27. The Hall–Kier alpha value is -2.21. The smallest absolute Gasteiger partial charge is 0.254 e. The summed E-state index contributed by atoms with van der Waals surface area (Å²) >= 11 is 6.03. The molecule has 22 heavy (non-hydrogen) atoms. The normalized spacial score (nSPS) is 11.5. The summed E-state index contributed by atoms with van der Waals surface area (Å²) < 4.78 is 6.78. The van der Waals surface area contributed by atoms with Crippen molar-refractivity contribution in [3.63, 3.8) is 0 Å². The minimum atomic E-state index is -0.628. The molecule has 0 bridgehead atoms. The Labute approximate surface area is 134 Å². The molecule has 118 valence electrons. The maximum atomic E-state index is 11.8. The first-order valence-electron chi connectivity index (χ1n) is 6.69. The summed E-state index contributed by atoms with van der Waals surface area (Å²) in [5.41, 5.74) is 12.4. The van der Waals surface area contributed by atoms with E-state index in [9.17, 15) is 4.79 Å². The Balaban J connectivity index is 2.72. The van der Waals surface area contributed by atoms with Crippen LogP contribution in [0.15, 0.2) is 18.2 Å². The molecule has 1 amide bonds. The number of anilines is 1. The summed E-state index contributed by atoms with van der Waals surface area (Å²) in [5.74, 6) is 0.0966. The van der Waals surface area contributed by atoms with Crippen molar-refractivity contribution in [3.05, 3.63) is 28.8 Å². The second-order valence-electron chi connectivity index (χ2n) is 5.91. The number of hydrogen-bond donors (Lipinski definition) is 2. The van der Waals surface area contributed by atoms with E-state index in [-0.39, 0.29) is 16.9 Å². The average Bonchev–Trinajstić information content (AvgIpc) is 2.77. The van der Waals surface area contributed by atoms with Gasteiger partial charge in [0, 0.05) is 5.56 Å². The van der Waals surface area contributed by atoms with Crippen LogP contribution < -0.4 is 16.2 Å².